The van der Waals surface area contributed by atoms with Crippen LogP contribution in [-0.2, 0) is 11.4 Å². The summed E-state index contributed by atoms with van der Waals surface area (Å²) in [6.45, 7) is 0.614. The Morgan fingerprint density at radius 1 is 0.868 bits per heavy atom. The highest BCUT2D eigenvalue weighted by Gasteiger charge is 2.35. The molecule has 1 aliphatic rings. The minimum atomic E-state index is -0.368. The molecule has 5 rings (SSSR count). The Morgan fingerprint density at radius 3 is 2.42 bits per heavy atom. The number of hydrogen-bond acceptors (Lipinski definition) is 6. The Balaban J connectivity index is 1.29. The zero-order valence-electron chi connectivity index (χ0n) is 20.6. The van der Waals surface area contributed by atoms with Gasteiger partial charge in [0.1, 0.15) is 19.0 Å². The molecule has 0 aromatic heterocycles. The van der Waals surface area contributed by atoms with E-state index in [1.807, 2.05) is 66.7 Å². The van der Waals surface area contributed by atoms with Crippen molar-refractivity contribution in [3.05, 3.63) is 106 Å². The average molecular weight is 546 g/mol. The molecule has 0 radical (unpaired) electrons. The lowest BCUT2D eigenvalue weighted by atomic mass is 10.1. The van der Waals surface area contributed by atoms with Gasteiger partial charge in [-0.05, 0) is 53.1 Å². The minimum Gasteiger partial charge on any atom is -0.493 e. The lowest BCUT2D eigenvalue weighted by Gasteiger charge is -2.15. The number of amides is 2. The number of halogens is 1. The first-order chi connectivity index (χ1) is 18.5. The molecule has 0 N–H and O–H groups in total. The number of hydrogen-bond donors (Lipinski definition) is 0. The normalized spacial score (nSPS) is 14.4. The number of fused-ring (bicyclic) bond motifs is 1. The molecule has 0 atom stereocenters. The predicted octanol–water partition coefficient (Wildman–Crippen LogP) is 7.20. The van der Waals surface area contributed by atoms with Gasteiger partial charge in [0, 0.05) is 16.0 Å². The van der Waals surface area contributed by atoms with Crippen LogP contribution in [0, 0.1) is 0 Å². The summed E-state index contributed by atoms with van der Waals surface area (Å²) in [5, 5.41) is 2.35. The van der Waals surface area contributed by atoms with Crippen LogP contribution in [0.3, 0.4) is 0 Å². The SMILES string of the molecule is COc1cccc(/C=C2\SC(=O)N(CCOc3cccc4ccccc34)C2=O)c1OCc1ccc(Cl)cc1. The molecule has 1 aliphatic heterocycles. The predicted molar refractivity (Wildman–Crippen MR) is 151 cm³/mol. The molecule has 38 heavy (non-hydrogen) atoms. The maximum atomic E-state index is 13.1. The van der Waals surface area contributed by atoms with Gasteiger partial charge in [-0.15, -0.1) is 0 Å². The van der Waals surface area contributed by atoms with Crippen molar-refractivity contribution < 1.29 is 23.8 Å². The molecule has 0 bridgehead atoms. The molecule has 1 fully saturated rings. The van der Waals surface area contributed by atoms with E-state index in [1.165, 1.54) is 4.90 Å². The fourth-order valence-corrected chi connectivity index (χ4v) is 5.08. The summed E-state index contributed by atoms with van der Waals surface area (Å²) >= 11 is 6.87. The van der Waals surface area contributed by atoms with Gasteiger partial charge in [0.25, 0.3) is 11.1 Å². The van der Waals surface area contributed by atoms with Gasteiger partial charge in [-0.25, -0.2) is 0 Å². The second-order valence-electron chi connectivity index (χ2n) is 8.45. The molecule has 4 aromatic carbocycles. The molecule has 4 aromatic rings. The third-order valence-electron chi connectivity index (χ3n) is 6.01. The second-order valence-corrected chi connectivity index (χ2v) is 9.88. The van der Waals surface area contributed by atoms with E-state index < -0.39 is 0 Å². The first-order valence-corrected chi connectivity index (χ1v) is 13.1. The van der Waals surface area contributed by atoms with Crippen LogP contribution < -0.4 is 14.2 Å². The molecular formula is C30H24ClNO5S. The summed E-state index contributed by atoms with van der Waals surface area (Å²) < 4.78 is 17.5. The van der Waals surface area contributed by atoms with Crippen molar-refractivity contribution in [2.75, 3.05) is 20.3 Å². The van der Waals surface area contributed by atoms with Crippen LogP contribution in [0.2, 0.25) is 5.02 Å². The number of rotatable bonds is 9. The highest BCUT2D eigenvalue weighted by molar-refractivity contribution is 8.18. The van der Waals surface area contributed by atoms with Crippen molar-refractivity contribution in [2.24, 2.45) is 0 Å². The van der Waals surface area contributed by atoms with Gasteiger partial charge in [-0.2, -0.15) is 0 Å². The van der Waals surface area contributed by atoms with Gasteiger partial charge in [0.2, 0.25) is 0 Å². The molecule has 0 aliphatic carbocycles. The van der Waals surface area contributed by atoms with Gasteiger partial charge in [-0.1, -0.05) is 72.3 Å². The third kappa shape index (κ3) is 5.64. The van der Waals surface area contributed by atoms with E-state index in [2.05, 4.69) is 0 Å². The van der Waals surface area contributed by atoms with Crippen LogP contribution in [0.15, 0.2) is 89.8 Å². The van der Waals surface area contributed by atoms with Crippen LogP contribution in [0.4, 0.5) is 4.79 Å². The first kappa shape index (κ1) is 25.7. The zero-order valence-corrected chi connectivity index (χ0v) is 22.1. The summed E-state index contributed by atoms with van der Waals surface area (Å²) in [7, 11) is 1.55. The number of imide groups is 1. The van der Waals surface area contributed by atoms with E-state index in [0.717, 1.165) is 28.1 Å². The van der Waals surface area contributed by atoms with E-state index >= 15 is 0 Å². The van der Waals surface area contributed by atoms with Crippen molar-refractivity contribution in [2.45, 2.75) is 6.61 Å². The van der Waals surface area contributed by atoms with E-state index in [4.69, 9.17) is 25.8 Å². The van der Waals surface area contributed by atoms with E-state index in [0.29, 0.717) is 32.7 Å². The van der Waals surface area contributed by atoms with Crippen LogP contribution in [-0.4, -0.2) is 36.3 Å². The molecule has 8 heteroatoms. The summed E-state index contributed by atoms with van der Waals surface area (Å²) in [6.07, 6.45) is 1.66. The van der Waals surface area contributed by atoms with Gasteiger partial charge < -0.3 is 14.2 Å². The second kappa shape index (κ2) is 11.6. The molecule has 192 valence electrons. The number of methoxy groups -OCH3 is 1. The molecular weight excluding hydrogens is 522 g/mol. The topological polar surface area (TPSA) is 65.1 Å². The van der Waals surface area contributed by atoms with Crippen molar-refractivity contribution in [3.8, 4) is 17.2 Å². The van der Waals surface area contributed by atoms with Crippen LogP contribution in [0.5, 0.6) is 17.2 Å². The lowest BCUT2D eigenvalue weighted by molar-refractivity contribution is -0.123. The summed E-state index contributed by atoms with van der Waals surface area (Å²) in [6, 6.07) is 26.5. The molecule has 0 unspecified atom stereocenters. The number of nitrogens with zero attached hydrogens (tertiary/aromatic N) is 1. The fourth-order valence-electron chi connectivity index (χ4n) is 4.10. The van der Waals surface area contributed by atoms with Gasteiger partial charge in [0.05, 0.1) is 18.6 Å². The number of carbonyl (C=O) groups excluding carboxylic acids is 2. The van der Waals surface area contributed by atoms with Crippen molar-refractivity contribution in [1.82, 2.24) is 4.90 Å². The summed E-state index contributed by atoms with van der Waals surface area (Å²) in [5.74, 6) is 1.35. The zero-order chi connectivity index (χ0) is 26.5. The highest BCUT2D eigenvalue weighted by atomic mass is 35.5. The maximum Gasteiger partial charge on any atom is 0.293 e. The minimum absolute atomic E-state index is 0.142. The first-order valence-electron chi connectivity index (χ1n) is 11.9. The molecule has 1 heterocycles. The van der Waals surface area contributed by atoms with Crippen LogP contribution >= 0.6 is 23.4 Å². The van der Waals surface area contributed by atoms with Crippen LogP contribution in [0.25, 0.3) is 16.8 Å². The Morgan fingerprint density at radius 2 is 1.61 bits per heavy atom. The van der Waals surface area contributed by atoms with Crippen LogP contribution in [0.1, 0.15) is 11.1 Å². The average Bonchev–Trinajstić information content (AvgIpc) is 3.20. The third-order valence-corrected chi connectivity index (χ3v) is 7.17. The Hall–Kier alpha value is -3.94. The van der Waals surface area contributed by atoms with Gasteiger partial charge in [0.15, 0.2) is 11.5 Å². The Bertz CT molecular complexity index is 1510. The van der Waals surface area contributed by atoms with E-state index in [9.17, 15) is 9.59 Å². The monoisotopic (exact) mass is 545 g/mol. The molecule has 2 amide bonds. The Labute approximate surface area is 229 Å². The van der Waals surface area contributed by atoms with Gasteiger partial charge >= 0.3 is 0 Å². The van der Waals surface area contributed by atoms with Crippen molar-refractivity contribution in [1.29, 1.82) is 0 Å². The summed E-state index contributed by atoms with van der Waals surface area (Å²) in [4.78, 5) is 27.3. The molecule has 6 nitrogen and oxygen atoms in total. The fraction of sp³-hybridized carbons (Fsp3) is 0.133. The number of carbonyl (C=O) groups is 2. The van der Waals surface area contributed by atoms with Crippen molar-refractivity contribution >= 4 is 51.4 Å². The van der Waals surface area contributed by atoms with Crippen molar-refractivity contribution in [3.63, 3.8) is 0 Å². The largest absolute Gasteiger partial charge is 0.493 e. The van der Waals surface area contributed by atoms with E-state index in [1.54, 1.807) is 31.4 Å². The van der Waals surface area contributed by atoms with Gasteiger partial charge in [-0.3, -0.25) is 14.5 Å². The number of benzene rings is 4. The van der Waals surface area contributed by atoms with E-state index in [-0.39, 0.29) is 30.9 Å². The Kier molecular flexibility index (Phi) is 7.86. The summed E-state index contributed by atoms with van der Waals surface area (Å²) in [5.41, 5.74) is 1.56. The molecule has 1 saturated heterocycles. The number of thioether (sulfide) groups is 1. The molecule has 0 spiro atoms. The molecule has 0 saturated carbocycles. The smallest absolute Gasteiger partial charge is 0.293 e. The maximum absolute atomic E-state index is 13.1. The highest BCUT2D eigenvalue weighted by Crippen LogP contribution is 2.38. The standard InChI is InChI=1S/C30H24ClNO5S/c1-35-26-11-5-8-22(28(26)37-19-20-12-14-23(31)15-13-20)18-27-29(33)32(30(34)38-27)16-17-36-25-10-4-7-21-6-2-3-9-24(21)25/h2-15,18H,16-17,19H2,1H3/b27-18-. The lowest BCUT2D eigenvalue weighted by Crippen LogP contribution is -2.32. The quantitative estimate of drug-likeness (QED) is 0.207. The number of para-hydroxylation sites is 1. The number of ether oxygens (including phenoxy) is 3.